The summed E-state index contributed by atoms with van der Waals surface area (Å²) in [5.41, 5.74) is -0.522. The maximum absolute atomic E-state index is 13.3. The summed E-state index contributed by atoms with van der Waals surface area (Å²) in [6.07, 6.45) is 1.59. The highest BCUT2D eigenvalue weighted by molar-refractivity contribution is 5.92. The Morgan fingerprint density at radius 1 is 1.28 bits per heavy atom. The molecule has 2 heterocycles. The molecule has 4 aliphatic rings. The highest BCUT2D eigenvalue weighted by atomic mass is 19.4. The van der Waals surface area contributed by atoms with Crippen LogP contribution in [-0.4, -0.2) is 69.8 Å². The second-order valence-electron chi connectivity index (χ2n) is 11.1. The van der Waals surface area contributed by atoms with Crippen LogP contribution in [0.25, 0.3) is 6.08 Å². The second-order valence-corrected chi connectivity index (χ2v) is 11.1. The molecule has 0 radical (unpaired) electrons. The Labute approximate surface area is 225 Å². The maximum Gasteiger partial charge on any atom is 0.416 e. The van der Waals surface area contributed by atoms with Crippen molar-refractivity contribution in [1.82, 2.24) is 9.80 Å². The van der Waals surface area contributed by atoms with E-state index in [4.69, 9.17) is 4.74 Å². The average molecular weight is 541 g/mol. The van der Waals surface area contributed by atoms with E-state index in [-0.39, 0.29) is 23.3 Å². The zero-order chi connectivity index (χ0) is 27.7. The van der Waals surface area contributed by atoms with Gasteiger partial charge in [0.1, 0.15) is 6.10 Å². The van der Waals surface area contributed by atoms with E-state index in [1.165, 1.54) is 24.3 Å². The molecule has 1 amide bonds. The first-order chi connectivity index (χ1) is 18.5. The number of piperidine rings is 1. The molecule has 1 spiro atoms. The molecule has 39 heavy (non-hydrogen) atoms. The second kappa shape index (κ2) is 8.86. The van der Waals surface area contributed by atoms with Crippen LogP contribution in [0.5, 0.6) is 11.5 Å². The molecule has 0 aromatic heterocycles. The molecule has 2 aliphatic heterocycles. The summed E-state index contributed by atoms with van der Waals surface area (Å²) >= 11 is 0. The summed E-state index contributed by atoms with van der Waals surface area (Å²) in [5.74, 6) is 0.0301. The SMILES string of the molecule is C=CCN1CC[C@]23c4c5ccc(O)c4OC2C(N(C)C(=O)/C=C/c2cccc(C(F)(F)F)c2)CC[C@@]3(O)[C@H]1C5. The van der Waals surface area contributed by atoms with Crippen LogP contribution in [0.4, 0.5) is 13.2 Å². The number of hydrogen-bond donors (Lipinski definition) is 2. The summed E-state index contributed by atoms with van der Waals surface area (Å²) in [6, 6.07) is 7.79. The smallest absolute Gasteiger partial charge is 0.416 e. The lowest BCUT2D eigenvalue weighted by Gasteiger charge is -2.64. The molecule has 2 aromatic rings. The van der Waals surface area contributed by atoms with E-state index >= 15 is 0 Å². The van der Waals surface area contributed by atoms with Gasteiger partial charge in [-0.05, 0) is 67.6 Å². The zero-order valence-electron chi connectivity index (χ0n) is 21.6. The minimum absolute atomic E-state index is 0.0176. The highest BCUT2D eigenvalue weighted by Gasteiger charge is 2.73. The number of likely N-dealkylation sites (tertiary alicyclic amines) is 1. The first-order valence-electron chi connectivity index (χ1n) is 13.2. The Hall–Kier alpha value is -3.30. The molecule has 2 fully saturated rings. The molecule has 2 N–H and O–H groups in total. The van der Waals surface area contributed by atoms with Crippen LogP contribution in [0, 0.1) is 0 Å². The van der Waals surface area contributed by atoms with Gasteiger partial charge in [0.05, 0.1) is 22.6 Å². The minimum Gasteiger partial charge on any atom is -0.504 e. The number of phenols is 1. The number of amides is 1. The lowest BCUT2D eigenvalue weighted by atomic mass is 9.48. The Balaban J connectivity index is 1.34. The predicted octanol–water partition coefficient (Wildman–Crippen LogP) is 4.29. The van der Waals surface area contributed by atoms with E-state index in [0.717, 1.165) is 23.3 Å². The molecule has 2 unspecified atom stereocenters. The maximum atomic E-state index is 13.3. The van der Waals surface area contributed by atoms with Gasteiger partial charge in [-0.3, -0.25) is 9.69 Å². The van der Waals surface area contributed by atoms with E-state index in [1.807, 2.05) is 12.1 Å². The molecule has 9 heteroatoms. The van der Waals surface area contributed by atoms with Crippen LogP contribution < -0.4 is 4.74 Å². The van der Waals surface area contributed by atoms with Gasteiger partial charge in [0.15, 0.2) is 11.5 Å². The normalized spacial score (nSPS) is 31.1. The van der Waals surface area contributed by atoms with E-state index in [1.54, 1.807) is 18.0 Å². The first-order valence-corrected chi connectivity index (χ1v) is 13.2. The van der Waals surface area contributed by atoms with Crippen LogP contribution in [0.1, 0.15) is 41.5 Å². The highest BCUT2D eigenvalue weighted by Crippen LogP contribution is 2.65. The van der Waals surface area contributed by atoms with Crippen molar-refractivity contribution in [2.24, 2.45) is 0 Å². The van der Waals surface area contributed by atoms with Gasteiger partial charge in [0.2, 0.25) is 5.91 Å². The third-order valence-electron chi connectivity index (χ3n) is 9.38. The number of likely N-dealkylation sites (N-methyl/N-ethyl adjacent to an activating group) is 1. The van der Waals surface area contributed by atoms with Crippen molar-refractivity contribution >= 4 is 12.0 Å². The number of hydrogen-bond acceptors (Lipinski definition) is 5. The molecule has 6 rings (SSSR count). The van der Waals surface area contributed by atoms with Crippen LogP contribution in [0.2, 0.25) is 0 Å². The standard InChI is InChI=1S/C30H31F3N2O4/c1-3-14-35-15-13-28-25-19-8-9-22(36)26(25)39-27(28)21(11-12-29(28,38)23(35)17-19)34(2)24(37)10-7-18-5-4-6-20(16-18)30(31,32)33/h3-10,16,21,23,27,36,38H,1,11-15,17H2,2H3/b10-7+/t21?,23-,27?,28+,29-/m1/s1. The Kier molecular flexibility index (Phi) is 5.89. The molecule has 1 saturated heterocycles. The number of carbonyl (C=O) groups excluding carboxylic acids is 1. The molecule has 2 aromatic carbocycles. The molecule has 1 saturated carbocycles. The average Bonchev–Trinajstić information content (AvgIpc) is 3.25. The minimum atomic E-state index is -4.47. The van der Waals surface area contributed by atoms with Gasteiger partial charge in [-0.25, -0.2) is 0 Å². The number of alkyl halides is 3. The molecular weight excluding hydrogens is 509 g/mol. The van der Waals surface area contributed by atoms with Crippen molar-refractivity contribution in [2.75, 3.05) is 20.1 Å². The fourth-order valence-corrected chi connectivity index (χ4v) is 7.65. The number of ether oxygens (including phenoxy) is 1. The largest absolute Gasteiger partial charge is 0.504 e. The molecule has 2 aliphatic carbocycles. The van der Waals surface area contributed by atoms with Crippen molar-refractivity contribution in [2.45, 2.75) is 61.1 Å². The summed E-state index contributed by atoms with van der Waals surface area (Å²) in [6.45, 7) is 5.26. The van der Waals surface area contributed by atoms with Crippen LogP contribution in [0.15, 0.2) is 55.1 Å². The lowest BCUT2D eigenvalue weighted by Crippen LogP contribution is -2.78. The molecule has 6 nitrogen and oxygen atoms in total. The van der Waals surface area contributed by atoms with Crippen molar-refractivity contribution < 1.29 is 32.9 Å². The van der Waals surface area contributed by atoms with Crippen molar-refractivity contribution in [3.05, 3.63) is 77.4 Å². The number of aromatic hydroxyl groups is 1. The van der Waals surface area contributed by atoms with Gasteiger partial charge < -0.3 is 19.8 Å². The zero-order valence-corrected chi connectivity index (χ0v) is 21.6. The number of rotatable bonds is 5. The summed E-state index contributed by atoms with van der Waals surface area (Å²) in [4.78, 5) is 17.1. The number of aliphatic hydroxyl groups is 1. The molecule has 2 bridgehead atoms. The van der Waals surface area contributed by atoms with Gasteiger partial charge in [-0.15, -0.1) is 6.58 Å². The fourth-order valence-electron chi connectivity index (χ4n) is 7.65. The summed E-state index contributed by atoms with van der Waals surface area (Å²) in [7, 11) is 1.66. The van der Waals surface area contributed by atoms with E-state index in [0.29, 0.717) is 44.5 Å². The third kappa shape index (κ3) is 3.66. The fraction of sp³-hybridized carbons (Fsp3) is 0.433. The Morgan fingerprint density at radius 2 is 2.08 bits per heavy atom. The first kappa shape index (κ1) is 26.0. The van der Waals surface area contributed by atoms with Gasteiger partial charge in [-0.1, -0.05) is 24.3 Å². The quantitative estimate of drug-likeness (QED) is 0.437. The summed E-state index contributed by atoms with van der Waals surface area (Å²) < 4.78 is 45.8. The number of benzene rings is 2. The Morgan fingerprint density at radius 3 is 2.82 bits per heavy atom. The van der Waals surface area contributed by atoms with E-state index < -0.39 is 34.9 Å². The Bertz CT molecular complexity index is 1370. The van der Waals surface area contributed by atoms with Crippen molar-refractivity contribution in [3.8, 4) is 11.5 Å². The van der Waals surface area contributed by atoms with Gasteiger partial charge in [0.25, 0.3) is 0 Å². The number of phenolic OH excluding ortho intramolecular Hbond substituents is 1. The number of nitrogens with zero attached hydrogens (tertiary/aromatic N) is 2. The molecule has 5 atom stereocenters. The van der Waals surface area contributed by atoms with Gasteiger partial charge in [0, 0.05) is 31.3 Å². The molecule has 206 valence electrons. The third-order valence-corrected chi connectivity index (χ3v) is 9.38. The van der Waals surface area contributed by atoms with E-state index in [2.05, 4.69) is 11.5 Å². The van der Waals surface area contributed by atoms with Gasteiger partial charge in [-0.2, -0.15) is 13.2 Å². The van der Waals surface area contributed by atoms with Crippen LogP contribution in [0.3, 0.4) is 0 Å². The van der Waals surface area contributed by atoms with Crippen molar-refractivity contribution in [1.29, 1.82) is 0 Å². The van der Waals surface area contributed by atoms with Crippen LogP contribution >= 0.6 is 0 Å². The van der Waals surface area contributed by atoms with Crippen molar-refractivity contribution in [3.63, 3.8) is 0 Å². The summed E-state index contributed by atoms with van der Waals surface area (Å²) in [5, 5.41) is 23.2. The van der Waals surface area contributed by atoms with Crippen LogP contribution in [-0.2, 0) is 22.8 Å². The lowest BCUT2D eigenvalue weighted by molar-refractivity contribution is -0.198. The predicted molar refractivity (Wildman–Crippen MR) is 139 cm³/mol. The topological polar surface area (TPSA) is 73.2 Å². The molecular formula is C30H31F3N2O4. The number of halogens is 3. The van der Waals surface area contributed by atoms with E-state index in [9.17, 15) is 28.2 Å². The number of carbonyl (C=O) groups is 1. The monoisotopic (exact) mass is 540 g/mol. The van der Waals surface area contributed by atoms with Gasteiger partial charge >= 0.3 is 6.18 Å².